The van der Waals surface area contributed by atoms with Gasteiger partial charge in [0, 0.05) is 0 Å². The van der Waals surface area contributed by atoms with Gasteiger partial charge in [-0.3, -0.25) is 0 Å². The molecule has 0 unspecified atom stereocenters. The third kappa shape index (κ3) is 2.90. The maximum Gasteiger partial charge on any atom is 0.347 e. The molecule has 2 aromatic rings. The SMILES string of the molecule is CC(C)C[C@H](N)c1n[nH]c(=O)n1-c1ccc(F)cc1. The molecular formula is C13H17FN4O. The van der Waals surface area contributed by atoms with Crippen molar-refractivity contribution in [3.63, 3.8) is 0 Å². The molecule has 2 rings (SSSR count). The Morgan fingerprint density at radius 2 is 2.00 bits per heavy atom. The molecule has 0 saturated carbocycles. The minimum absolute atomic E-state index is 0.344. The zero-order valence-electron chi connectivity index (χ0n) is 10.9. The van der Waals surface area contributed by atoms with Crippen LogP contribution in [0, 0.1) is 11.7 Å². The van der Waals surface area contributed by atoms with Crippen LogP contribution in [0.1, 0.15) is 32.1 Å². The van der Waals surface area contributed by atoms with Crippen molar-refractivity contribution in [2.24, 2.45) is 11.7 Å². The highest BCUT2D eigenvalue weighted by Gasteiger charge is 2.18. The third-order valence-corrected chi connectivity index (χ3v) is 2.84. The summed E-state index contributed by atoms with van der Waals surface area (Å²) in [6, 6.07) is 5.30. The monoisotopic (exact) mass is 264 g/mol. The molecule has 0 fully saturated rings. The van der Waals surface area contributed by atoms with E-state index >= 15 is 0 Å². The number of aromatic amines is 1. The normalized spacial score (nSPS) is 12.9. The summed E-state index contributed by atoms with van der Waals surface area (Å²) in [5.41, 5.74) is 6.24. The second-order valence-corrected chi connectivity index (χ2v) is 4.93. The van der Waals surface area contributed by atoms with Gasteiger partial charge in [0.05, 0.1) is 11.7 Å². The number of aromatic nitrogens is 3. The molecule has 6 heteroatoms. The third-order valence-electron chi connectivity index (χ3n) is 2.84. The average molecular weight is 264 g/mol. The quantitative estimate of drug-likeness (QED) is 0.883. The number of H-pyrrole nitrogens is 1. The minimum Gasteiger partial charge on any atom is -0.321 e. The number of hydrogen-bond donors (Lipinski definition) is 2. The molecule has 5 nitrogen and oxygen atoms in total. The summed E-state index contributed by atoms with van der Waals surface area (Å²) in [7, 11) is 0. The van der Waals surface area contributed by atoms with E-state index in [1.807, 2.05) is 13.8 Å². The van der Waals surface area contributed by atoms with Crippen LogP contribution in [-0.2, 0) is 0 Å². The van der Waals surface area contributed by atoms with Crippen molar-refractivity contribution in [3.8, 4) is 5.69 Å². The van der Waals surface area contributed by atoms with Crippen molar-refractivity contribution < 1.29 is 4.39 Å². The lowest BCUT2D eigenvalue weighted by Gasteiger charge is -2.14. The van der Waals surface area contributed by atoms with Gasteiger partial charge in [-0.1, -0.05) is 13.8 Å². The van der Waals surface area contributed by atoms with Crippen LogP contribution in [0.3, 0.4) is 0 Å². The summed E-state index contributed by atoms with van der Waals surface area (Å²) in [5, 5.41) is 6.36. The molecule has 1 heterocycles. The predicted molar refractivity (Wildman–Crippen MR) is 70.5 cm³/mol. The lowest BCUT2D eigenvalue weighted by atomic mass is 10.0. The average Bonchev–Trinajstić information content (AvgIpc) is 2.71. The molecule has 0 aliphatic rings. The second kappa shape index (κ2) is 5.36. The maximum atomic E-state index is 12.9. The number of hydrogen-bond acceptors (Lipinski definition) is 3. The van der Waals surface area contributed by atoms with Gasteiger partial charge in [0.2, 0.25) is 0 Å². The zero-order valence-corrected chi connectivity index (χ0v) is 10.9. The van der Waals surface area contributed by atoms with Gasteiger partial charge in [-0.05, 0) is 36.6 Å². The van der Waals surface area contributed by atoms with Gasteiger partial charge in [-0.15, -0.1) is 0 Å². The van der Waals surface area contributed by atoms with Gasteiger partial charge in [0.1, 0.15) is 5.82 Å². The Hall–Kier alpha value is -1.95. The molecule has 3 N–H and O–H groups in total. The molecule has 0 aliphatic heterocycles. The fourth-order valence-corrected chi connectivity index (χ4v) is 2.01. The Labute approximate surface area is 110 Å². The topological polar surface area (TPSA) is 76.7 Å². The Balaban J connectivity index is 2.43. The van der Waals surface area contributed by atoms with E-state index < -0.39 is 0 Å². The van der Waals surface area contributed by atoms with Gasteiger partial charge in [-0.2, -0.15) is 5.10 Å². The summed E-state index contributed by atoms with van der Waals surface area (Å²) >= 11 is 0. The van der Waals surface area contributed by atoms with Crippen LogP contribution >= 0.6 is 0 Å². The van der Waals surface area contributed by atoms with Crippen molar-refractivity contribution >= 4 is 0 Å². The minimum atomic E-state index is -0.374. The van der Waals surface area contributed by atoms with Crippen LogP contribution < -0.4 is 11.4 Å². The maximum absolute atomic E-state index is 12.9. The van der Waals surface area contributed by atoms with Crippen LogP contribution in [0.2, 0.25) is 0 Å². The van der Waals surface area contributed by atoms with E-state index in [2.05, 4.69) is 10.2 Å². The smallest absolute Gasteiger partial charge is 0.321 e. The molecule has 0 aliphatic carbocycles. The lowest BCUT2D eigenvalue weighted by molar-refractivity contribution is 0.487. The highest BCUT2D eigenvalue weighted by Crippen LogP contribution is 2.18. The number of nitrogens with one attached hydrogen (secondary N) is 1. The summed E-state index contributed by atoms with van der Waals surface area (Å²) in [4.78, 5) is 11.8. The van der Waals surface area contributed by atoms with Crippen molar-refractivity contribution in [1.29, 1.82) is 0 Å². The number of rotatable bonds is 4. The van der Waals surface area contributed by atoms with Gasteiger partial charge >= 0.3 is 5.69 Å². The molecule has 0 bridgehead atoms. The number of halogens is 1. The van der Waals surface area contributed by atoms with Crippen molar-refractivity contribution in [2.45, 2.75) is 26.3 Å². The largest absolute Gasteiger partial charge is 0.347 e. The van der Waals surface area contributed by atoms with Crippen LogP contribution in [0.15, 0.2) is 29.1 Å². The predicted octanol–water partition coefficient (Wildman–Crippen LogP) is 1.75. The van der Waals surface area contributed by atoms with Crippen LogP contribution in [0.5, 0.6) is 0 Å². The first kappa shape index (κ1) is 13.5. The molecule has 1 aromatic heterocycles. The van der Waals surface area contributed by atoms with Crippen molar-refractivity contribution in [2.75, 3.05) is 0 Å². The Bertz CT molecular complexity index is 600. The molecule has 19 heavy (non-hydrogen) atoms. The molecular weight excluding hydrogens is 247 g/mol. The molecule has 102 valence electrons. The van der Waals surface area contributed by atoms with E-state index in [9.17, 15) is 9.18 Å². The Morgan fingerprint density at radius 3 is 2.58 bits per heavy atom. The van der Waals surface area contributed by atoms with Crippen LogP contribution in [-0.4, -0.2) is 14.8 Å². The number of benzene rings is 1. The summed E-state index contributed by atoms with van der Waals surface area (Å²) in [6.07, 6.45) is 0.714. The second-order valence-electron chi connectivity index (χ2n) is 4.93. The fourth-order valence-electron chi connectivity index (χ4n) is 2.01. The van der Waals surface area contributed by atoms with Gasteiger partial charge in [-0.25, -0.2) is 18.9 Å². The van der Waals surface area contributed by atoms with E-state index in [1.165, 1.54) is 28.8 Å². The first-order valence-corrected chi connectivity index (χ1v) is 6.18. The first-order chi connectivity index (χ1) is 8.99. The Morgan fingerprint density at radius 1 is 1.37 bits per heavy atom. The highest BCUT2D eigenvalue weighted by molar-refractivity contribution is 5.33. The standard InChI is InChI=1S/C13H17FN4O/c1-8(2)7-11(15)12-16-17-13(19)18(12)10-5-3-9(14)4-6-10/h3-6,8,11H,7,15H2,1-2H3,(H,17,19)/t11-/m0/s1. The number of nitrogens with zero attached hydrogens (tertiary/aromatic N) is 2. The molecule has 1 atom stereocenters. The first-order valence-electron chi connectivity index (χ1n) is 6.18. The molecule has 0 amide bonds. The Kier molecular flexibility index (Phi) is 3.80. The van der Waals surface area contributed by atoms with E-state index in [1.54, 1.807) is 0 Å². The van der Waals surface area contributed by atoms with Gasteiger partial charge in [0.15, 0.2) is 5.82 Å². The van der Waals surface area contributed by atoms with Gasteiger partial charge in [0.25, 0.3) is 0 Å². The summed E-state index contributed by atoms with van der Waals surface area (Å²) in [5.74, 6) is 0.502. The molecule has 1 aromatic carbocycles. The van der Waals surface area contributed by atoms with Crippen molar-refractivity contribution in [1.82, 2.24) is 14.8 Å². The summed E-state index contributed by atoms with van der Waals surface area (Å²) < 4.78 is 14.3. The van der Waals surface area contributed by atoms with E-state index in [4.69, 9.17) is 5.73 Å². The zero-order chi connectivity index (χ0) is 14.0. The highest BCUT2D eigenvalue weighted by atomic mass is 19.1. The molecule has 0 saturated heterocycles. The summed E-state index contributed by atoms with van der Waals surface area (Å²) in [6.45, 7) is 4.10. The number of nitrogens with two attached hydrogens (primary N) is 1. The van der Waals surface area contributed by atoms with Crippen LogP contribution in [0.25, 0.3) is 5.69 Å². The van der Waals surface area contributed by atoms with E-state index in [-0.39, 0.29) is 17.5 Å². The lowest BCUT2D eigenvalue weighted by Crippen LogP contribution is -2.22. The molecule has 0 spiro atoms. The van der Waals surface area contributed by atoms with Crippen molar-refractivity contribution in [3.05, 3.63) is 46.4 Å². The van der Waals surface area contributed by atoms with Crippen LogP contribution in [0.4, 0.5) is 4.39 Å². The molecule has 0 radical (unpaired) electrons. The fraction of sp³-hybridized carbons (Fsp3) is 0.385. The van der Waals surface area contributed by atoms with E-state index in [0.717, 1.165) is 0 Å². The van der Waals surface area contributed by atoms with E-state index in [0.29, 0.717) is 23.9 Å². The van der Waals surface area contributed by atoms with Gasteiger partial charge < -0.3 is 5.73 Å².